The fraction of sp³-hybridized carbons (Fsp3) is 1.00. The highest BCUT2D eigenvalue weighted by atomic mass is 32.2. The predicted octanol–water partition coefficient (Wildman–Crippen LogP) is 2.73. The molecule has 0 amide bonds. The highest BCUT2D eigenvalue weighted by Gasteiger charge is 2.15. The summed E-state index contributed by atoms with van der Waals surface area (Å²) in [4.78, 5) is 0. The summed E-state index contributed by atoms with van der Waals surface area (Å²) in [7, 11) is 0. The van der Waals surface area contributed by atoms with Crippen molar-refractivity contribution in [3.05, 3.63) is 0 Å². The maximum absolute atomic E-state index is 10.2. The Balaban J connectivity index is 3.42. The van der Waals surface area contributed by atoms with Crippen molar-refractivity contribution in [2.24, 2.45) is 0 Å². The second kappa shape index (κ2) is 5.03. The van der Waals surface area contributed by atoms with Gasteiger partial charge in [-0.25, -0.2) is 5.11 Å². The number of rotatable bonds is 5. The van der Waals surface area contributed by atoms with Gasteiger partial charge in [-0.1, -0.05) is 27.2 Å². The van der Waals surface area contributed by atoms with Crippen molar-refractivity contribution in [3.63, 3.8) is 0 Å². The molecule has 0 rings (SSSR count). The molecule has 0 spiro atoms. The quantitative estimate of drug-likeness (QED) is 0.607. The molecule has 0 aliphatic carbocycles. The van der Waals surface area contributed by atoms with E-state index in [0.29, 0.717) is 4.75 Å². The van der Waals surface area contributed by atoms with Crippen LogP contribution in [0.2, 0.25) is 0 Å². The fourth-order valence-corrected chi connectivity index (χ4v) is 1.98. The van der Waals surface area contributed by atoms with Gasteiger partial charge in [0.2, 0.25) is 0 Å². The molecule has 0 aromatic rings. The van der Waals surface area contributed by atoms with Crippen molar-refractivity contribution in [1.29, 1.82) is 0 Å². The Bertz CT molecular complexity index is 81.3. The first-order valence-electron chi connectivity index (χ1n) is 3.84. The van der Waals surface area contributed by atoms with E-state index in [2.05, 4.69) is 20.8 Å². The minimum atomic E-state index is 0.0534. The highest BCUT2D eigenvalue weighted by Crippen LogP contribution is 2.28. The summed E-state index contributed by atoms with van der Waals surface area (Å²) in [6, 6.07) is 0. The summed E-state index contributed by atoms with van der Waals surface area (Å²) in [6.45, 7) is 6.64. The molecule has 0 saturated heterocycles. The van der Waals surface area contributed by atoms with Gasteiger partial charge in [0.15, 0.2) is 0 Å². The van der Waals surface area contributed by atoms with Crippen LogP contribution in [0.5, 0.6) is 0 Å². The fourth-order valence-electron chi connectivity index (χ4n) is 0.992. The van der Waals surface area contributed by atoms with Crippen LogP contribution in [0.3, 0.4) is 0 Å². The first-order valence-corrected chi connectivity index (χ1v) is 4.83. The lowest BCUT2D eigenvalue weighted by molar-refractivity contribution is 0.215. The highest BCUT2D eigenvalue weighted by molar-refractivity contribution is 8.00. The van der Waals surface area contributed by atoms with Crippen molar-refractivity contribution >= 4 is 11.8 Å². The van der Waals surface area contributed by atoms with Gasteiger partial charge >= 0.3 is 0 Å². The molecule has 0 saturated carbocycles. The van der Waals surface area contributed by atoms with Gasteiger partial charge in [0.25, 0.3) is 0 Å². The Hall–Kier alpha value is 0.310. The molecule has 2 heteroatoms. The Kier molecular flexibility index (Phi) is 5.18. The normalized spacial score (nSPS) is 12.0. The van der Waals surface area contributed by atoms with Crippen LogP contribution < -0.4 is 0 Å². The summed E-state index contributed by atoms with van der Waals surface area (Å²) in [5, 5.41) is 10.2. The molecule has 0 atom stereocenters. The third-order valence-corrected chi connectivity index (χ3v) is 2.78. The minimum Gasteiger partial charge on any atom is -0.236 e. The molecule has 0 fully saturated rings. The molecule has 10 heavy (non-hydrogen) atoms. The topological polar surface area (TPSA) is 19.9 Å². The van der Waals surface area contributed by atoms with Crippen LogP contribution >= 0.6 is 11.8 Å². The van der Waals surface area contributed by atoms with Crippen molar-refractivity contribution in [1.82, 2.24) is 0 Å². The van der Waals surface area contributed by atoms with E-state index in [4.69, 9.17) is 0 Å². The van der Waals surface area contributed by atoms with Gasteiger partial charge in [0.1, 0.15) is 0 Å². The van der Waals surface area contributed by atoms with Gasteiger partial charge in [0, 0.05) is 10.5 Å². The molecule has 0 N–H and O–H groups in total. The van der Waals surface area contributed by atoms with Crippen molar-refractivity contribution in [3.8, 4) is 0 Å². The van der Waals surface area contributed by atoms with E-state index in [1.165, 1.54) is 12.8 Å². The monoisotopic (exact) mass is 161 g/mol. The molecule has 0 aliphatic rings. The van der Waals surface area contributed by atoms with Crippen LogP contribution in [0.1, 0.15) is 33.6 Å². The zero-order valence-electron chi connectivity index (χ0n) is 7.14. The molecule has 0 aromatic heterocycles. The number of hydrogen-bond acceptors (Lipinski definition) is 1. The van der Waals surface area contributed by atoms with Crippen LogP contribution in [0, 0.1) is 0 Å². The lowest BCUT2D eigenvalue weighted by atomic mass is 10.1. The van der Waals surface area contributed by atoms with Crippen LogP contribution in [-0.2, 0) is 5.11 Å². The molecule has 0 heterocycles. The largest absolute Gasteiger partial charge is 0.236 e. The maximum Gasteiger partial charge on any atom is 0.0912 e. The summed E-state index contributed by atoms with van der Waals surface area (Å²) < 4.78 is 0.319. The van der Waals surface area contributed by atoms with Gasteiger partial charge < -0.3 is 0 Å². The van der Waals surface area contributed by atoms with E-state index in [9.17, 15) is 5.11 Å². The van der Waals surface area contributed by atoms with Crippen molar-refractivity contribution in [2.75, 3.05) is 12.4 Å². The van der Waals surface area contributed by atoms with E-state index in [1.54, 1.807) is 11.8 Å². The number of thioether (sulfide) groups is 1. The van der Waals surface area contributed by atoms with Crippen LogP contribution in [-0.4, -0.2) is 17.1 Å². The molecular weight excluding hydrogens is 144 g/mol. The molecular formula is C8H17OS. The van der Waals surface area contributed by atoms with Crippen LogP contribution in [0.25, 0.3) is 0 Å². The summed E-state index contributed by atoms with van der Waals surface area (Å²) in [5.41, 5.74) is 0. The Morgan fingerprint density at radius 3 is 2.40 bits per heavy atom. The average Bonchev–Trinajstić information content (AvgIpc) is 1.84. The predicted molar refractivity (Wildman–Crippen MR) is 47.0 cm³/mol. The van der Waals surface area contributed by atoms with Gasteiger partial charge in [-0.05, 0) is 6.42 Å². The van der Waals surface area contributed by atoms with E-state index in [0.717, 1.165) is 5.75 Å². The average molecular weight is 161 g/mol. The SMILES string of the molecule is CCCC(C)(C)SCC[O]. The zero-order valence-corrected chi connectivity index (χ0v) is 7.96. The van der Waals surface area contributed by atoms with Gasteiger partial charge in [-0.2, -0.15) is 11.8 Å². The Morgan fingerprint density at radius 1 is 1.40 bits per heavy atom. The molecule has 0 aliphatic heterocycles. The van der Waals surface area contributed by atoms with E-state index in [1.807, 2.05) is 0 Å². The van der Waals surface area contributed by atoms with Crippen LogP contribution in [0.15, 0.2) is 0 Å². The lowest BCUT2D eigenvalue weighted by Gasteiger charge is -2.22. The second-order valence-electron chi connectivity index (χ2n) is 3.06. The molecule has 1 nitrogen and oxygen atoms in total. The second-order valence-corrected chi connectivity index (χ2v) is 4.86. The first-order chi connectivity index (χ1) is 4.62. The summed E-state index contributed by atoms with van der Waals surface area (Å²) in [6.07, 6.45) is 2.41. The molecule has 0 bridgehead atoms. The smallest absolute Gasteiger partial charge is 0.0912 e. The third-order valence-electron chi connectivity index (χ3n) is 1.43. The van der Waals surface area contributed by atoms with Gasteiger partial charge in [-0.3, -0.25) is 0 Å². The summed E-state index contributed by atoms with van der Waals surface area (Å²) in [5.74, 6) is 0.757. The maximum atomic E-state index is 10.2. The van der Waals surface area contributed by atoms with E-state index < -0.39 is 0 Å². The standard InChI is InChI=1S/C8H17OS/c1-4-5-8(2,3)10-7-6-9/h4-7H2,1-3H3. The van der Waals surface area contributed by atoms with E-state index >= 15 is 0 Å². The minimum absolute atomic E-state index is 0.0534. The Labute approximate surface area is 68.2 Å². The van der Waals surface area contributed by atoms with Crippen LogP contribution in [0.4, 0.5) is 0 Å². The van der Waals surface area contributed by atoms with Crippen molar-refractivity contribution in [2.45, 2.75) is 38.4 Å². The number of hydrogen-bond donors (Lipinski definition) is 0. The zero-order chi connectivity index (χ0) is 8.04. The van der Waals surface area contributed by atoms with E-state index in [-0.39, 0.29) is 6.61 Å². The molecule has 61 valence electrons. The lowest BCUT2D eigenvalue weighted by Crippen LogP contribution is -2.15. The molecule has 1 radical (unpaired) electrons. The summed E-state index contributed by atoms with van der Waals surface area (Å²) >= 11 is 1.79. The molecule has 0 unspecified atom stereocenters. The molecule has 0 aromatic carbocycles. The van der Waals surface area contributed by atoms with Gasteiger partial charge in [-0.15, -0.1) is 0 Å². The van der Waals surface area contributed by atoms with Gasteiger partial charge in [0.05, 0.1) is 6.61 Å². The Morgan fingerprint density at radius 2 is 2.00 bits per heavy atom. The third kappa shape index (κ3) is 5.12. The first kappa shape index (κ1) is 10.3. The van der Waals surface area contributed by atoms with Crippen molar-refractivity contribution < 1.29 is 5.11 Å².